The van der Waals surface area contributed by atoms with Gasteiger partial charge >= 0.3 is 0 Å². The molecule has 0 spiro atoms. The molecule has 3 aromatic heterocycles. The van der Waals surface area contributed by atoms with Crippen LogP contribution in [0.15, 0.2) is 146 Å². The molecule has 0 saturated carbocycles. The van der Waals surface area contributed by atoms with E-state index in [0.29, 0.717) is 0 Å². The van der Waals surface area contributed by atoms with E-state index in [1.165, 1.54) is 15.9 Å². The van der Waals surface area contributed by atoms with Crippen molar-refractivity contribution >= 4 is 56.9 Å². The minimum absolute atomic E-state index is 0.853. The second-order valence-corrected chi connectivity index (χ2v) is 13.3. The van der Waals surface area contributed by atoms with Gasteiger partial charge in [-0.15, -0.1) is 0 Å². The number of para-hydroxylation sites is 6. The third kappa shape index (κ3) is 4.50. The molecule has 46 heavy (non-hydrogen) atoms. The Kier molecular flexibility index (Phi) is 6.32. The SMILES string of the molecule is c1ccc(P(c2ccccc2-c2nc3ccccc3[nH]2)c2ccccc2-c2nc3ccccc3[nH]2)c(-c2nc3ccccc3[nH]2)c1. The van der Waals surface area contributed by atoms with Crippen LogP contribution in [-0.2, 0) is 0 Å². The molecule has 218 valence electrons. The van der Waals surface area contributed by atoms with Gasteiger partial charge in [-0.25, -0.2) is 15.0 Å². The number of hydrogen-bond acceptors (Lipinski definition) is 3. The average Bonchev–Trinajstić information content (AvgIpc) is 3.86. The Labute approximate surface area is 266 Å². The molecule has 0 atom stereocenters. The predicted molar refractivity (Wildman–Crippen MR) is 190 cm³/mol. The lowest BCUT2D eigenvalue weighted by molar-refractivity contribution is 1.34. The van der Waals surface area contributed by atoms with Gasteiger partial charge in [-0.2, -0.15) is 0 Å². The molecule has 0 bridgehead atoms. The van der Waals surface area contributed by atoms with E-state index in [0.717, 1.165) is 67.3 Å². The smallest absolute Gasteiger partial charge is 0.139 e. The van der Waals surface area contributed by atoms with Crippen molar-refractivity contribution in [1.29, 1.82) is 0 Å². The number of rotatable bonds is 6. The summed E-state index contributed by atoms with van der Waals surface area (Å²) in [4.78, 5) is 26.0. The summed E-state index contributed by atoms with van der Waals surface area (Å²) in [6.45, 7) is 0. The highest BCUT2D eigenvalue weighted by Crippen LogP contribution is 2.42. The Hall–Kier alpha value is -5.84. The molecule has 3 N–H and O–H groups in total. The monoisotopic (exact) mass is 610 g/mol. The van der Waals surface area contributed by atoms with Crippen LogP contribution in [-0.4, -0.2) is 29.9 Å². The fourth-order valence-corrected chi connectivity index (χ4v) is 8.99. The Balaban J connectivity index is 1.32. The van der Waals surface area contributed by atoms with Crippen LogP contribution in [0.25, 0.3) is 67.3 Å². The van der Waals surface area contributed by atoms with Crippen molar-refractivity contribution in [2.45, 2.75) is 0 Å². The number of benzene rings is 6. The molecule has 0 unspecified atom stereocenters. The van der Waals surface area contributed by atoms with E-state index < -0.39 is 7.92 Å². The van der Waals surface area contributed by atoms with E-state index in [-0.39, 0.29) is 0 Å². The molecule has 0 fully saturated rings. The molecule has 0 aliphatic heterocycles. The zero-order valence-electron chi connectivity index (χ0n) is 24.6. The van der Waals surface area contributed by atoms with E-state index in [9.17, 15) is 0 Å². The van der Waals surface area contributed by atoms with Crippen molar-refractivity contribution in [3.63, 3.8) is 0 Å². The van der Waals surface area contributed by atoms with Crippen LogP contribution < -0.4 is 15.9 Å². The molecule has 9 aromatic rings. The van der Waals surface area contributed by atoms with Crippen LogP contribution >= 0.6 is 7.92 Å². The summed E-state index contributed by atoms with van der Waals surface area (Å²) in [6.07, 6.45) is 0. The summed E-state index contributed by atoms with van der Waals surface area (Å²) in [6, 6.07) is 50.5. The number of aromatic nitrogens is 6. The lowest BCUT2D eigenvalue weighted by Crippen LogP contribution is -2.25. The number of H-pyrrole nitrogens is 3. The van der Waals surface area contributed by atoms with Gasteiger partial charge in [0, 0.05) is 16.7 Å². The van der Waals surface area contributed by atoms with Crippen LogP contribution in [0.3, 0.4) is 0 Å². The first-order valence-corrected chi connectivity index (χ1v) is 16.6. The van der Waals surface area contributed by atoms with Gasteiger partial charge < -0.3 is 15.0 Å². The fraction of sp³-hybridized carbons (Fsp3) is 0. The van der Waals surface area contributed by atoms with E-state index in [2.05, 4.69) is 124 Å². The zero-order valence-corrected chi connectivity index (χ0v) is 25.5. The van der Waals surface area contributed by atoms with E-state index in [1.807, 2.05) is 36.4 Å². The number of fused-ring (bicyclic) bond motifs is 3. The van der Waals surface area contributed by atoms with Gasteiger partial charge in [0.1, 0.15) is 17.5 Å². The summed E-state index contributed by atoms with van der Waals surface area (Å²) in [7, 11) is -1.15. The van der Waals surface area contributed by atoms with Crippen LogP contribution in [0.2, 0.25) is 0 Å². The standard InChI is InChI=1S/C39H27N6P/c1-10-22-34(25(13-1)37-40-28-16-4-5-17-29(28)41-37)46(35-23-11-2-14-26(35)38-42-30-18-6-7-19-31(30)43-38)36-24-12-3-15-27(36)39-44-32-20-8-9-21-33(32)45-39/h1-24H,(H,40,41)(H,42,43)(H,44,45). The molecule has 6 aromatic carbocycles. The molecule has 9 rings (SSSR count). The minimum Gasteiger partial charge on any atom is -0.338 e. The third-order valence-electron chi connectivity index (χ3n) is 8.37. The maximum atomic E-state index is 5.05. The number of imidazole rings is 3. The van der Waals surface area contributed by atoms with Crippen LogP contribution in [0.4, 0.5) is 0 Å². The molecule has 0 aliphatic rings. The Bertz CT molecular complexity index is 2140. The van der Waals surface area contributed by atoms with E-state index >= 15 is 0 Å². The van der Waals surface area contributed by atoms with Crippen LogP contribution in [0.1, 0.15) is 0 Å². The second-order valence-electron chi connectivity index (χ2n) is 11.2. The summed E-state index contributed by atoms with van der Waals surface area (Å²) in [5.74, 6) is 2.56. The highest BCUT2D eigenvalue weighted by Gasteiger charge is 2.28. The topological polar surface area (TPSA) is 86.0 Å². The van der Waals surface area contributed by atoms with Gasteiger partial charge in [-0.3, -0.25) is 0 Å². The maximum Gasteiger partial charge on any atom is 0.139 e. The van der Waals surface area contributed by atoms with Crippen LogP contribution in [0.5, 0.6) is 0 Å². The molecule has 0 amide bonds. The summed E-state index contributed by atoms with van der Waals surface area (Å²) < 4.78 is 0. The highest BCUT2D eigenvalue weighted by molar-refractivity contribution is 7.80. The summed E-state index contributed by atoms with van der Waals surface area (Å²) in [5.41, 5.74) is 9.10. The van der Waals surface area contributed by atoms with Crippen molar-refractivity contribution in [1.82, 2.24) is 29.9 Å². The number of nitrogens with one attached hydrogen (secondary N) is 3. The van der Waals surface area contributed by atoms with Crippen molar-refractivity contribution < 1.29 is 0 Å². The molecule has 6 nitrogen and oxygen atoms in total. The number of nitrogens with zero attached hydrogens (tertiary/aromatic N) is 3. The minimum atomic E-state index is -1.15. The lowest BCUT2D eigenvalue weighted by atomic mass is 10.2. The van der Waals surface area contributed by atoms with E-state index in [1.54, 1.807) is 0 Å². The van der Waals surface area contributed by atoms with Gasteiger partial charge in [0.2, 0.25) is 0 Å². The van der Waals surface area contributed by atoms with Crippen molar-refractivity contribution in [3.05, 3.63) is 146 Å². The molecule has 3 heterocycles. The zero-order chi connectivity index (χ0) is 30.5. The Morgan fingerprint density at radius 1 is 0.326 bits per heavy atom. The fourth-order valence-electron chi connectivity index (χ4n) is 6.24. The first kappa shape index (κ1) is 26.6. The molecule has 0 aliphatic carbocycles. The predicted octanol–water partition coefficient (Wildman–Crippen LogP) is 8.07. The number of aromatic amines is 3. The Morgan fingerprint density at radius 2 is 0.609 bits per heavy atom. The third-order valence-corrected chi connectivity index (χ3v) is 11.0. The second kappa shape index (κ2) is 11.0. The lowest BCUT2D eigenvalue weighted by Gasteiger charge is -2.25. The van der Waals surface area contributed by atoms with Gasteiger partial charge in [-0.05, 0) is 60.2 Å². The molecule has 7 heteroatoms. The summed E-state index contributed by atoms with van der Waals surface area (Å²) in [5, 5.41) is 3.59. The van der Waals surface area contributed by atoms with Gasteiger partial charge in [-0.1, -0.05) is 109 Å². The first-order chi connectivity index (χ1) is 22.8. The molecular weight excluding hydrogens is 583 g/mol. The van der Waals surface area contributed by atoms with Crippen molar-refractivity contribution in [3.8, 4) is 34.2 Å². The van der Waals surface area contributed by atoms with E-state index in [4.69, 9.17) is 15.0 Å². The largest absolute Gasteiger partial charge is 0.338 e. The molecular formula is C39H27N6P. The van der Waals surface area contributed by atoms with Crippen molar-refractivity contribution in [2.75, 3.05) is 0 Å². The van der Waals surface area contributed by atoms with Crippen molar-refractivity contribution in [2.24, 2.45) is 0 Å². The highest BCUT2D eigenvalue weighted by atomic mass is 31.1. The normalized spacial score (nSPS) is 11.7. The average molecular weight is 611 g/mol. The molecule has 0 radical (unpaired) electrons. The summed E-state index contributed by atoms with van der Waals surface area (Å²) >= 11 is 0. The van der Waals surface area contributed by atoms with Crippen LogP contribution in [0, 0.1) is 0 Å². The first-order valence-electron chi connectivity index (χ1n) is 15.2. The number of hydrogen-bond donors (Lipinski definition) is 3. The van der Waals surface area contributed by atoms with Gasteiger partial charge in [0.15, 0.2) is 0 Å². The Morgan fingerprint density at radius 3 is 0.935 bits per heavy atom. The maximum absolute atomic E-state index is 5.05. The van der Waals surface area contributed by atoms with Gasteiger partial charge in [0.25, 0.3) is 0 Å². The quantitative estimate of drug-likeness (QED) is 0.167. The molecule has 0 saturated heterocycles. The van der Waals surface area contributed by atoms with Gasteiger partial charge in [0.05, 0.1) is 33.1 Å².